The van der Waals surface area contributed by atoms with Gasteiger partial charge in [-0.3, -0.25) is 4.79 Å². The molecule has 38 heavy (non-hydrogen) atoms. The lowest BCUT2D eigenvalue weighted by Crippen LogP contribution is -2.45. The van der Waals surface area contributed by atoms with Gasteiger partial charge in [0.1, 0.15) is 0 Å². The van der Waals surface area contributed by atoms with Crippen LogP contribution in [0.1, 0.15) is 67.9 Å². The zero-order valence-corrected chi connectivity index (χ0v) is 23.2. The summed E-state index contributed by atoms with van der Waals surface area (Å²) < 4.78 is 0. The Bertz CT molecular complexity index is 1140. The second-order valence-electron chi connectivity index (χ2n) is 11.2. The predicted molar refractivity (Wildman–Crippen MR) is 148 cm³/mol. The molecule has 0 aliphatic heterocycles. The maximum absolute atomic E-state index is 13.5. The number of nitrogens with one attached hydrogen (secondary N) is 2. The van der Waals surface area contributed by atoms with Gasteiger partial charge in [-0.05, 0) is 79.3 Å². The lowest BCUT2D eigenvalue weighted by Gasteiger charge is -2.41. The Morgan fingerprint density at radius 2 is 1.68 bits per heavy atom. The van der Waals surface area contributed by atoms with E-state index in [1.807, 2.05) is 24.0 Å². The highest BCUT2D eigenvalue weighted by molar-refractivity contribution is 6.31. The monoisotopic (exact) mass is 543 g/mol. The Morgan fingerprint density at radius 3 is 2.24 bits per heavy atom. The molecule has 206 valence electrons. The number of carbonyl (C=O) groups excluding carboxylic acids is 2. The molecule has 2 aromatic rings. The molecule has 1 atom stereocenters. The summed E-state index contributed by atoms with van der Waals surface area (Å²) in [5.74, 6) is -1.27. The first kappa shape index (κ1) is 29.5. The smallest absolute Gasteiger partial charge is 0.334 e. The van der Waals surface area contributed by atoms with Crippen molar-refractivity contribution in [2.75, 3.05) is 11.9 Å². The molecule has 0 spiro atoms. The third-order valence-electron chi connectivity index (χ3n) is 7.36. The molecule has 1 aliphatic carbocycles. The van der Waals surface area contributed by atoms with Crippen LogP contribution in [0, 0.1) is 18.3 Å². The number of nitrogens with zero attached hydrogens (tertiary/aromatic N) is 1. The van der Waals surface area contributed by atoms with Gasteiger partial charge in [-0.25, -0.2) is 9.59 Å². The van der Waals surface area contributed by atoms with Crippen LogP contribution in [0.5, 0.6) is 0 Å². The third-order valence-corrected chi connectivity index (χ3v) is 7.76. The number of amides is 3. The second-order valence-corrected chi connectivity index (χ2v) is 11.6. The van der Waals surface area contributed by atoms with Crippen LogP contribution in [0.15, 0.2) is 42.5 Å². The molecule has 0 unspecified atom stereocenters. The first-order valence-corrected chi connectivity index (χ1v) is 13.3. The molecule has 8 nitrogen and oxygen atoms in total. The molecule has 0 saturated heterocycles. The number of halogens is 1. The molecular weight excluding hydrogens is 506 g/mol. The number of anilines is 1. The van der Waals surface area contributed by atoms with Crippen molar-refractivity contribution in [2.24, 2.45) is 11.3 Å². The molecule has 4 N–H and O–H groups in total. The number of carboxylic acid groups (broad SMARTS) is 1. The molecule has 1 fully saturated rings. The Labute approximate surface area is 229 Å². The van der Waals surface area contributed by atoms with E-state index in [1.54, 1.807) is 30.3 Å². The number of hydrogen-bond acceptors (Lipinski definition) is 4. The molecular formula is C29H38ClN3O5. The average Bonchev–Trinajstić information content (AvgIpc) is 2.87. The minimum atomic E-state index is -1.66. The van der Waals surface area contributed by atoms with Crippen molar-refractivity contribution in [1.82, 2.24) is 10.2 Å². The molecule has 0 heterocycles. The zero-order valence-electron chi connectivity index (χ0n) is 22.5. The third kappa shape index (κ3) is 7.95. The number of aliphatic hydroxyl groups excluding tert-OH is 1. The number of benzene rings is 2. The van der Waals surface area contributed by atoms with Crippen LogP contribution in [-0.4, -0.2) is 51.7 Å². The van der Waals surface area contributed by atoms with Crippen molar-refractivity contribution < 1.29 is 24.6 Å². The lowest BCUT2D eigenvalue weighted by molar-refractivity contribution is -0.146. The van der Waals surface area contributed by atoms with Crippen molar-refractivity contribution in [2.45, 2.75) is 72.1 Å². The van der Waals surface area contributed by atoms with Crippen LogP contribution in [0.4, 0.5) is 10.5 Å². The van der Waals surface area contributed by atoms with Gasteiger partial charge in [0.05, 0.1) is 6.54 Å². The normalized spacial score (nSPS) is 18.4. The van der Waals surface area contributed by atoms with Crippen LogP contribution in [0.25, 0.3) is 0 Å². The summed E-state index contributed by atoms with van der Waals surface area (Å²) in [4.78, 5) is 38.4. The SMILES string of the molecule is Cc1ccc(NC(=O)N(Cc2ccc(C(=O)NC[C@@H](O)C(=O)O)cc2)C2CCC(C(C)(C)C)CC2)cc1Cl. The molecule has 3 rings (SSSR count). The minimum Gasteiger partial charge on any atom is -0.479 e. The van der Waals surface area contributed by atoms with Gasteiger partial charge in [0.25, 0.3) is 5.91 Å². The molecule has 9 heteroatoms. The second kappa shape index (κ2) is 12.6. The molecule has 1 saturated carbocycles. The van der Waals surface area contributed by atoms with E-state index in [1.165, 1.54) is 0 Å². The number of carbonyl (C=O) groups is 3. The number of aliphatic carboxylic acids is 1. The van der Waals surface area contributed by atoms with E-state index in [4.69, 9.17) is 16.7 Å². The summed E-state index contributed by atoms with van der Waals surface area (Å²) in [6.45, 7) is 8.70. The largest absolute Gasteiger partial charge is 0.479 e. The van der Waals surface area contributed by atoms with Gasteiger partial charge in [-0.2, -0.15) is 0 Å². The summed E-state index contributed by atoms with van der Waals surface area (Å²) in [6, 6.07) is 12.2. The first-order valence-electron chi connectivity index (χ1n) is 13.0. The van der Waals surface area contributed by atoms with Crippen LogP contribution >= 0.6 is 11.6 Å². The quantitative estimate of drug-likeness (QED) is 0.352. The molecule has 1 aliphatic rings. The fraction of sp³-hybridized carbons (Fsp3) is 0.483. The minimum absolute atomic E-state index is 0.0787. The van der Waals surface area contributed by atoms with Gasteiger partial charge in [-0.15, -0.1) is 0 Å². The molecule has 0 bridgehead atoms. The van der Waals surface area contributed by atoms with Crippen LogP contribution < -0.4 is 10.6 Å². The summed E-state index contributed by atoms with van der Waals surface area (Å²) in [5.41, 5.74) is 3.00. The molecule has 3 amide bonds. The van der Waals surface area contributed by atoms with Gasteiger partial charge in [0, 0.05) is 28.9 Å². The van der Waals surface area contributed by atoms with E-state index in [-0.39, 0.29) is 24.0 Å². The number of urea groups is 1. The molecule has 0 radical (unpaired) electrons. The summed E-state index contributed by atoms with van der Waals surface area (Å²) in [7, 11) is 0. The van der Waals surface area contributed by atoms with E-state index < -0.39 is 18.0 Å². The molecule has 0 aromatic heterocycles. The average molecular weight is 544 g/mol. The van der Waals surface area contributed by atoms with Gasteiger partial charge in [0.2, 0.25) is 0 Å². The number of carboxylic acids is 1. The number of rotatable bonds is 8. The van der Waals surface area contributed by atoms with Crippen molar-refractivity contribution in [3.8, 4) is 0 Å². The predicted octanol–water partition coefficient (Wildman–Crippen LogP) is 5.46. The standard InChI is InChI=1S/C29H38ClN3O5/c1-18-5-12-22(15-24(18)30)32-28(38)33(23-13-10-21(11-14-23)29(2,3)4)17-19-6-8-20(9-7-19)26(35)31-16-25(34)27(36)37/h5-9,12,15,21,23,25,34H,10-11,13-14,16-17H2,1-4H3,(H,31,35)(H,32,38)(H,36,37)/t21?,23?,25-/m1/s1. The van der Waals surface area contributed by atoms with Crippen LogP contribution in [-0.2, 0) is 11.3 Å². The maximum Gasteiger partial charge on any atom is 0.334 e. The van der Waals surface area contributed by atoms with Crippen molar-refractivity contribution in [3.05, 3.63) is 64.2 Å². The Kier molecular flexibility index (Phi) is 9.79. The number of aliphatic hydroxyl groups is 1. The van der Waals surface area contributed by atoms with E-state index in [2.05, 4.69) is 31.4 Å². The summed E-state index contributed by atoms with van der Waals surface area (Å²) in [5, 5.41) is 24.1. The van der Waals surface area contributed by atoms with Crippen molar-refractivity contribution >= 4 is 35.2 Å². The lowest BCUT2D eigenvalue weighted by atomic mass is 9.71. The first-order chi connectivity index (χ1) is 17.8. The van der Waals surface area contributed by atoms with Gasteiger partial charge >= 0.3 is 12.0 Å². The Morgan fingerprint density at radius 1 is 1.05 bits per heavy atom. The van der Waals surface area contributed by atoms with E-state index in [0.717, 1.165) is 36.8 Å². The van der Waals surface area contributed by atoms with Gasteiger partial charge in [-0.1, -0.05) is 50.6 Å². The van der Waals surface area contributed by atoms with E-state index >= 15 is 0 Å². The number of hydrogen-bond donors (Lipinski definition) is 4. The zero-order chi connectivity index (χ0) is 28.0. The molecule has 2 aromatic carbocycles. The summed E-state index contributed by atoms with van der Waals surface area (Å²) in [6.07, 6.45) is 2.26. The maximum atomic E-state index is 13.5. The van der Waals surface area contributed by atoms with Gasteiger partial charge in [0.15, 0.2) is 6.10 Å². The highest BCUT2D eigenvalue weighted by atomic mass is 35.5. The Balaban J connectivity index is 1.73. The van der Waals surface area contributed by atoms with E-state index in [9.17, 15) is 19.5 Å². The topological polar surface area (TPSA) is 119 Å². The summed E-state index contributed by atoms with van der Waals surface area (Å²) >= 11 is 6.27. The fourth-order valence-corrected chi connectivity index (χ4v) is 5.00. The highest BCUT2D eigenvalue weighted by Gasteiger charge is 2.33. The van der Waals surface area contributed by atoms with Crippen molar-refractivity contribution in [3.63, 3.8) is 0 Å². The van der Waals surface area contributed by atoms with Crippen LogP contribution in [0.3, 0.4) is 0 Å². The highest BCUT2D eigenvalue weighted by Crippen LogP contribution is 2.39. The van der Waals surface area contributed by atoms with Crippen LogP contribution in [0.2, 0.25) is 5.02 Å². The van der Waals surface area contributed by atoms with Gasteiger partial charge < -0.3 is 25.7 Å². The Hall–Kier alpha value is -3.10. The van der Waals surface area contributed by atoms with E-state index in [0.29, 0.717) is 28.7 Å². The number of aryl methyl sites for hydroxylation is 1. The van der Waals surface area contributed by atoms with Crippen molar-refractivity contribution in [1.29, 1.82) is 0 Å². The fourth-order valence-electron chi connectivity index (χ4n) is 4.82.